The molecule has 3 aromatic rings. The van der Waals surface area contributed by atoms with E-state index in [2.05, 4.69) is 46.4 Å². The van der Waals surface area contributed by atoms with Crippen LogP contribution in [-0.2, 0) is 12.8 Å². The first-order valence-electron chi connectivity index (χ1n) is 11.6. The van der Waals surface area contributed by atoms with Crippen molar-refractivity contribution in [3.8, 4) is 11.1 Å². The summed E-state index contributed by atoms with van der Waals surface area (Å²) >= 11 is 0. The van der Waals surface area contributed by atoms with Gasteiger partial charge in [-0.2, -0.15) is 0 Å². The van der Waals surface area contributed by atoms with Crippen molar-refractivity contribution in [1.29, 1.82) is 0 Å². The van der Waals surface area contributed by atoms with Gasteiger partial charge < -0.3 is 10.2 Å². The van der Waals surface area contributed by atoms with E-state index in [1.54, 1.807) is 6.20 Å². The third-order valence-electron chi connectivity index (χ3n) is 6.40. The number of benzene rings is 1. The highest BCUT2D eigenvalue weighted by Crippen LogP contribution is 2.40. The van der Waals surface area contributed by atoms with E-state index in [4.69, 9.17) is 9.97 Å². The number of piperidine rings is 1. The molecular weight excluding hydrogens is 382 g/mol. The minimum absolute atomic E-state index is 0.707. The van der Waals surface area contributed by atoms with E-state index in [1.807, 2.05) is 12.3 Å². The summed E-state index contributed by atoms with van der Waals surface area (Å²) in [6, 6.07) is 10.8. The molecule has 0 atom stereocenters. The molecule has 1 N–H and O–H groups in total. The van der Waals surface area contributed by atoms with E-state index in [9.17, 15) is 0 Å². The molecule has 5 heteroatoms. The predicted molar refractivity (Wildman–Crippen MR) is 125 cm³/mol. The summed E-state index contributed by atoms with van der Waals surface area (Å²) in [6.45, 7) is 6.77. The third kappa shape index (κ3) is 4.62. The lowest BCUT2D eigenvalue weighted by Gasteiger charge is -2.26. The molecule has 0 saturated carbocycles. The van der Waals surface area contributed by atoms with Crippen LogP contribution < -0.4 is 5.32 Å². The molecule has 1 fully saturated rings. The average molecular weight is 414 g/mol. The topological polar surface area (TPSA) is 53.9 Å². The molecule has 0 amide bonds. The van der Waals surface area contributed by atoms with E-state index < -0.39 is 0 Å². The highest BCUT2D eigenvalue weighted by molar-refractivity contribution is 5.84. The zero-order chi connectivity index (χ0) is 21.0. The van der Waals surface area contributed by atoms with Crippen LogP contribution in [0.2, 0.25) is 0 Å². The Morgan fingerprint density at radius 3 is 2.81 bits per heavy atom. The van der Waals surface area contributed by atoms with Gasteiger partial charge in [-0.1, -0.05) is 36.2 Å². The van der Waals surface area contributed by atoms with Crippen LogP contribution in [0.15, 0.2) is 42.7 Å². The first-order valence-corrected chi connectivity index (χ1v) is 11.6. The number of nitrogens with one attached hydrogen (secondary N) is 1. The zero-order valence-corrected chi connectivity index (χ0v) is 18.4. The molecule has 31 heavy (non-hydrogen) atoms. The molecule has 1 aromatic carbocycles. The summed E-state index contributed by atoms with van der Waals surface area (Å²) < 4.78 is 0. The lowest BCUT2D eigenvalue weighted by Crippen LogP contribution is -2.31. The largest absolute Gasteiger partial charge is 0.369 e. The van der Waals surface area contributed by atoms with Crippen molar-refractivity contribution in [2.75, 3.05) is 31.5 Å². The Morgan fingerprint density at radius 2 is 1.97 bits per heavy atom. The fourth-order valence-electron chi connectivity index (χ4n) is 4.85. The maximum Gasteiger partial charge on any atom is 0.137 e. The average Bonchev–Trinajstić information content (AvgIpc) is 3.15. The summed E-state index contributed by atoms with van der Waals surface area (Å²) in [5.74, 6) is 1.86. The minimum atomic E-state index is 0.707. The van der Waals surface area contributed by atoms with Crippen LogP contribution in [0.3, 0.4) is 0 Å². The molecule has 5 rings (SSSR count). The number of hydrogen-bond acceptors (Lipinski definition) is 5. The van der Waals surface area contributed by atoms with Crippen molar-refractivity contribution >= 4 is 5.82 Å². The number of aryl methyl sites for hydroxylation is 1. The maximum absolute atomic E-state index is 4.98. The van der Waals surface area contributed by atoms with Crippen molar-refractivity contribution in [3.63, 3.8) is 0 Å². The van der Waals surface area contributed by atoms with Gasteiger partial charge in [0, 0.05) is 37.3 Å². The van der Waals surface area contributed by atoms with Crippen LogP contribution in [-0.4, -0.2) is 46.0 Å². The van der Waals surface area contributed by atoms with Gasteiger partial charge in [-0.05, 0) is 68.6 Å². The van der Waals surface area contributed by atoms with Crippen molar-refractivity contribution in [3.05, 3.63) is 70.9 Å². The van der Waals surface area contributed by atoms with E-state index in [1.165, 1.54) is 61.2 Å². The van der Waals surface area contributed by atoms with Crippen molar-refractivity contribution < 1.29 is 0 Å². The summed E-state index contributed by atoms with van der Waals surface area (Å²) in [6.07, 6.45) is 10.5. The van der Waals surface area contributed by atoms with Gasteiger partial charge in [0.1, 0.15) is 11.6 Å². The SMILES string of the molecule is Cc1ccc2c(c1)Cc1nc(Cc3cccnc3)nc(NCCCN3CCCCC3)c1-2. The second-order valence-corrected chi connectivity index (χ2v) is 8.87. The Balaban J connectivity index is 1.37. The summed E-state index contributed by atoms with van der Waals surface area (Å²) in [5.41, 5.74) is 7.43. The number of nitrogens with zero attached hydrogens (tertiary/aromatic N) is 4. The number of aromatic nitrogens is 3. The molecule has 1 aliphatic heterocycles. The minimum Gasteiger partial charge on any atom is -0.369 e. The van der Waals surface area contributed by atoms with Gasteiger partial charge in [0.05, 0.1) is 5.69 Å². The van der Waals surface area contributed by atoms with Gasteiger partial charge >= 0.3 is 0 Å². The molecule has 3 heterocycles. The molecule has 160 valence electrons. The second-order valence-electron chi connectivity index (χ2n) is 8.87. The van der Waals surface area contributed by atoms with Crippen LogP contribution in [0.1, 0.15) is 53.9 Å². The van der Waals surface area contributed by atoms with E-state index in [0.717, 1.165) is 42.3 Å². The first kappa shape index (κ1) is 20.1. The maximum atomic E-state index is 4.98. The smallest absolute Gasteiger partial charge is 0.137 e. The van der Waals surface area contributed by atoms with E-state index in [-0.39, 0.29) is 0 Å². The first-order chi connectivity index (χ1) is 15.3. The lowest BCUT2D eigenvalue weighted by atomic mass is 10.0. The number of rotatable bonds is 7. The highest BCUT2D eigenvalue weighted by Gasteiger charge is 2.25. The van der Waals surface area contributed by atoms with Crippen LogP contribution in [0.25, 0.3) is 11.1 Å². The van der Waals surface area contributed by atoms with Crippen molar-refractivity contribution in [2.24, 2.45) is 0 Å². The molecule has 0 unspecified atom stereocenters. The summed E-state index contributed by atoms with van der Waals surface area (Å²) in [4.78, 5) is 16.8. The molecule has 1 saturated heterocycles. The van der Waals surface area contributed by atoms with Gasteiger partial charge in [-0.15, -0.1) is 0 Å². The van der Waals surface area contributed by atoms with Gasteiger partial charge in [-0.3, -0.25) is 4.98 Å². The molecule has 2 aliphatic rings. The second kappa shape index (κ2) is 9.15. The predicted octanol–water partition coefficient (Wildman–Crippen LogP) is 4.63. The quantitative estimate of drug-likeness (QED) is 0.448. The van der Waals surface area contributed by atoms with Gasteiger partial charge in [0.25, 0.3) is 0 Å². The monoisotopic (exact) mass is 413 g/mol. The Kier molecular flexibility index (Phi) is 5.94. The summed E-state index contributed by atoms with van der Waals surface area (Å²) in [7, 11) is 0. The number of anilines is 1. The molecule has 0 spiro atoms. The molecule has 2 aromatic heterocycles. The van der Waals surface area contributed by atoms with Crippen LogP contribution in [0, 0.1) is 6.92 Å². The fourth-order valence-corrected chi connectivity index (χ4v) is 4.85. The van der Waals surface area contributed by atoms with Gasteiger partial charge in [0.2, 0.25) is 0 Å². The van der Waals surface area contributed by atoms with Crippen molar-refractivity contribution in [2.45, 2.75) is 45.4 Å². The van der Waals surface area contributed by atoms with Crippen LogP contribution in [0.4, 0.5) is 5.82 Å². The standard InChI is InChI=1S/C26H31N5/c1-19-8-9-22-21(15-19)17-23-25(22)26(28-11-6-14-31-12-3-2-4-13-31)30-24(29-23)16-20-7-5-10-27-18-20/h5,7-10,15,18H,2-4,6,11-14,16-17H2,1H3,(H,28,29,30). The molecule has 0 radical (unpaired) electrons. The number of hydrogen-bond donors (Lipinski definition) is 1. The summed E-state index contributed by atoms with van der Waals surface area (Å²) in [5, 5.41) is 3.67. The normalized spacial score (nSPS) is 15.5. The van der Waals surface area contributed by atoms with E-state index >= 15 is 0 Å². The molecule has 5 nitrogen and oxygen atoms in total. The number of likely N-dealkylation sites (tertiary alicyclic amines) is 1. The van der Waals surface area contributed by atoms with Crippen molar-refractivity contribution in [1.82, 2.24) is 19.9 Å². The van der Waals surface area contributed by atoms with Gasteiger partial charge in [-0.25, -0.2) is 9.97 Å². The van der Waals surface area contributed by atoms with E-state index in [0.29, 0.717) is 6.42 Å². The van der Waals surface area contributed by atoms with Crippen LogP contribution in [0.5, 0.6) is 0 Å². The Morgan fingerprint density at radius 1 is 1.06 bits per heavy atom. The lowest BCUT2D eigenvalue weighted by molar-refractivity contribution is 0.228. The third-order valence-corrected chi connectivity index (χ3v) is 6.40. The van der Waals surface area contributed by atoms with Crippen LogP contribution >= 0.6 is 0 Å². The molecule has 0 bridgehead atoms. The Hall–Kier alpha value is -2.79. The Labute approximate surface area is 185 Å². The fraction of sp³-hybridized carbons (Fsp3) is 0.423. The molecular formula is C26H31N5. The number of pyridine rings is 1. The highest BCUT2D eigenvalue weighted by atomic mass is 15.1. The zero-order valence-electron chi connectivity index (χ0n) is 18.4. The number of fused-ring (bicyclic) bond motifs is 3. The van der Waals surface area contributed by atoms with Gasteiger partial charge in [0.15, 0.2) is 0 Å². The Bertz CT molecular complexity index is 1040. The molecule has 1 aliphatic carbocycles.